The van der Waals surface area contributed by atoms with Gasteiger partial charge in [-0.3, -0.25) is 4.90 Å². The van der Waals surface area contributed by atoms with Crippen LogP contribution in [0.25, 0.3) is 0 Å². The fourth-order valence-electron chi connectivity index (χ4n) is 2.45. The molecule has 1 atom stereocenters. The molecular weight excluding hydrogens is 364 g/mol. The molecule has 0 saturated carbocycles. The molecule has 1 aromatic rings. The van der Waals surface area contributed by atoms with Crippen LogP contribution < -0.4 is 5.32 Å². The molecule has 1 aromatic carbocycles. The molecule has 2 rings (SSSR count). The molecule has 1 N–H and O–H groups in total. The van der Waals surface area contributed by atoms with Crippen molar-refractivity contribution in [3.8, 4) is 0 Å². The third kappa shape index (κ3) is 5.08. The van der Waals surface area contributed by atoms with Gasteiger partial charge < -0.3 is 5.32 Å². The number of benzene rings is 1. The zero-order chi connectivity index (χ0) is 14.7. The van der Waals surface area contributed by atoms with Crippen LogP contribution in [-0.2, 0) is 0 Å². The topological polar surface area (TPSA) is 15.3 Å². The summed E-state index contributed by atoms with van der Waals surface area (Å²) in [7, 11) is 0. The highest BCUT2D eigenvalue weighted by Gasteiger charge is 2.28. The van der Waals surface area contributed by atoms with Gasteiger partial charge in [-0.1, -0.05) is 34.8 Å². The van der Waals surface area contributed by atoms with Crippen molar-refractivity contribution in [2.75, 3.05) is 26.2 Å². The van der Waals surface area contributed by atoms with Crippen molar-refractivity contribution in [2.24, 2.45) is 0 Å². The van der Waals surface area contributed by atoms with E-state index >= 15 is 0 Å². The van der Waals surface area contributed by atoms with E-state index in [0.717, 1.165) is 13.1 Å². The first-order chi connectivity index (χ1) is 9.49. The molecule has 0 radical (unpaired) electrons. The minimum Gasteiger partial charge on any atom is -0.314 e. The van der Waals surface area contributed by atoms with Gasteiger partial charge in [0.15, 0.2) is 0 Å². The molecule has 0 aliphatic carbocycles. The van der Waals surface area contributed by atoms with Crippen LogP contribution in [0.2, 0.25) is 15.1 Å². The summed E-state index contributed by atoms with van der Waals surface area (Å²) in [5.74, 6) is 0. The summed E-state index contributed by atoms with van der Waals surface area (Å²) in [6.45, 7) is 2.92. The van der Waals surface area contributed by atoms with Gasteiger partial charge in [0, 0.05) is 43.7 Å². The standard InChI is InChI=1S/C13H15Cl3F2N2.ClH/c14-8-5-9(13(16)10(15)6-8)11(7-12(17)18)20-3-1-19-2-4-20;/h5-6,11-12,19H,1-4,7H2;1H/t11-;/m0./s1. The summed E-state index contributed by atoms with van der Waals surface area (Å²) < 4.78 is 25.8. The lowest BCUT2D eigenvalue weighted by Gasteiger charge is -2.35. The summed E-state index contributed by atoms with van der Waals surface area (Å²) in [5.41, 5.74) is 0.575. The van der Waals surface area contributed by atoms with Gasteiger partial charge in [0.05, 0.1) is 10.0 Å². The normalized spacial score (nSPS) is 17.6. The molecule has 1 saturated heterocycles. The van der Waals surface area contributed by atoms with Crippen molar-refractivity contribution in [1.82, 2.24) is 10.2 Å². The third-order valence-corrected chi connectivity index (χ3v) is 4.41. The molecule has 120 valence electrons. The van der Waals surface area contributed by atoms with Crippen molar-refractivity contribution in [3.05, 3.63) is 32.8 Å². The predicted octanol–water partition coefficient (Wildman–Crippen LogP) is 4.67. The summed E-state index contributed by atoms with van der Waals surface area (Å²) in [6.07, 6.45) is -2.69. The number of alkyl halides is 2. The molecular formula is C13H16Cl4F2N2. The Kier molecular flexibility index (Phi) is 7.96. The smallest absolute Gasteiger partial charge is 0.240 e. The summed E-state index contributed by atoms with van der Waals surface area (Å²) in [5, 5.41) is 4.20. The Morgan fingerprint density at radius 2 is 1.76 bits per heavy atom. The number of nitrogens with zero attached hydrogens (tertiary/aromatic N) is 1. The van der Waals surface area contributed by atoms with E-state index < -0.39 is 12.5 Å². The van der Waals surface area contributed by atoms with Gasteiger partial charge in [-0.25, -0.2) is 8.78 Å². The molecule has 0 spiro atoms. The average Bonchev–Trinajstić information content (AvgIpc) is 2.41. The maximum absolute atomic E-state index is 12.9. The maximum Gasteiger partial charge on any atom is 0.240 e. The lowest BCUT2D eigenvalue weighted by Crippen LogP contribution is -2.45. The molecule has 8 heteroatoms. The van der Waals surface area contributed by atoms with Crippen LogP contribution in [0.1, 0.15) is 18.0 Å². The van der Waals surface area contributed by atoms with Crippen LogP contribution in [0.3, 0.4) is 0 Å². The highest BCUT2D eigenvalue weighted by Crippen LogP contribution is 2.38. The molecule has 1 aliphatic rings. The van der Waals surface area contributed by atoms with Crippen LogP contribution in [0.15, 0.2) is 12.1 Å². The zero-order valence-corrected chi connectivity index (χ0v) is 14.2. The van der Waals surface area contributed by atoms with Crippen molar-refractivity contribution in [3.63, 3.8) is 0 Å². The van der Waals surface area contributed by atoms with Crippen molar-refractivity contribution in [2.45, 2.75) is 18.9 Å². The van der Waals surface area contributed by atoms with Gasteiger partial charge >= 0.3 is 0 Å². The Hall–Kier alpha value is 0.160. The van der Waals surface area contributed by atoms with Crippen LogP contribution in [-0.4, -0.2) is 37.5 Å². The van der Waals surface area contributed by atoms with E-state index in [9.17, 15) is 8.78 Å². The number of hydrogen-bond donors (Lipinski definition) is 1. The van der Waals surface area contributed by atoms with E-state index in [1.54, 1.807) is 6.07 Å². The minimum atomic E-state index is -2.41. The van der Waals surface area contributed by atoms with Crippen molar-refractivity contribution >= 4 is 47.2 Å². The summed E-state index contributed by atoms with van der Waals surface area (Å²) in [4.78, 5) is 2.00. The fourth-order valence-corrected chi connectivity index (χ4v) is 3.20. The first-order valence-corrected chi connectivity index (χ1v) is 7.49. The molecule has 21 heavy (non-hydrogen) atoms. The number of nitrogens with one attached hydrogen (secondary N) is 1. The molecule has 2 nitrogen and oxygen atoms in total. The van der Waals surface area contributed by atoms with Crippen LogP contribution >= 0.6 is 47.2 Å². The molecule has 0 aromatic heterocycles. The van der Waals surface area contributed by atoms with E-state index in [-0.39, 0.29) is 18.8 Å². The van der Waals surface area contributed by atoms with E-state index in [1.807, 2.05) is 4.90 Å². The highest BCUT2D eigenvalue weighted by molar-refractivity contribution is 6.43. The average molecular weight is 380 g/mol. The van der Waals surface area contributed by atoms with Crippen molar-refractivity contribution in [1.29, 1.82) is 0 Å². The monoisotopic (exact) mass is 378 g/mol. The van der Waals surface area contributed by atoms with E-state index in [2.05, 4.69) is 5.32 Å². The van der Waals surface area contributed by atoms with Gasteiger partial charge in [-0.15, -0.1) is 12.4 Å². The lowest BCUT2D eigenvalue weighted by atomic mass is 10.0. The second kappa shape index (κ2) is 8.70. The van der Waals surface area contributed by atoms with Gasteiger partial charge in [0.25, 0.3) is 0 Å². The number of halogens is 6. The fraction of sp³-hybridized carbons (Fsp3) is 0.538. The number of piperazine rings is 1. The predicted molar refractivity (Wildman–Crippen MR) is 86.5 cm³/mol. The Bertz CT molecular complexity index is 468. The second-order valence-corrected chi connectivity index (χ2v) is 5.94. The highest BCUT2D eigenvalue weighted by atomic mass is 35.5. The SMILES string of the molecule is Cl.FC(F)C[C@@H](c1cc(Cl)cc(Cl)c1Cl)N1CCNCC1. The molecule has 0 unspecified atom stereocenters. The molecule has 1 fully saturated rings. The second-order valence-electron chi connectivity index (χ2n) is 4.72. The quantitative estimate of drug-likeness (QED) is 0.764. The van der Waals surface area contributed by atoms with E-state index in [4.69, 9.17) is 34.8 Å². The van der Waals surface area contributed by atoms with Gasteiger partial charge in [-0.2, -0.15) is 0 Å². The summed E-state index contributed by atoms with van der Waals surface area (Å²) >= 11 is 18.2. The van der Waals surface area contributed by atoms with E-state index in [1.165, 1.54) is 6.07 Å². The van der Waals surface area contributed by atoms with Gasteiger partial charge in [0.1, 0.15) is 0 Å². The zero-order valence-electron chi connectivity index (χ0n) is 11.1. The molecule has 1 heterocycles. The number of hydrogen-bond acceptors (Lipinski definition) is 2. The molecule has 0 amide bonds. The lowest BCUT2D eigenvalue weighted by molar-refractivity contribution is 0.0739. The Labute approximate surface area is 144 Å². The van der Waals surface area contributed by atoms with Gasteiger partial charge in [-0.05, 0) is 17.7 Å². The van der Waals surface area contributed by atoms with Crippen LogP contribution in [0.4, 0.5) is 8.78 Å². The Balaban J connectivity index is 0.00000220. The van der Waals surface area contributed by atoms with Crippen LogP contribution in [0, 0.1) is 0 Å². The largest absolute Gasteiger partial charge is 0.314 e. The maximum atomic E-state index is 12.9. The van der Waals surface area contributed by atoms with Crippen molar-refractivity contribution < 1.29 is 8.78 Å². The molecule has 0 bridgehead atoms. The van der Waals surface area contributed by atoms with E-state index in [0.29, 0.717) is 33.7 Å². The Morgan fingerprint density at radius 1 is 1.14 bits per heavy atom. The van der Waals surface area contributed by atoms with Gasteiger partial charge in [0.2, 0.25) is 6.43 Å². The number of rotatable bonds is 4. The Morgan fingerprint density at radius 3 is 2.33 bits per heavy atom. The molecule has 1 aliphatic heterocycles. The van der Waals surface area contributed by atoms with Crippen LogP contribution in [0.5, 0.6) is 0 Å². The first kappa shape index (κ1) is 19.2. The minimum absolute atomic E-state index is 0. The summed E-state index contributed by atoms with van der Waals surface area (Å²) in [6, 6.07) is 2.68. The third-order valence-electron chi connectivity index (χ3n) is 3.37. The first-order valence-electron chi connectivity index (χ1n) is 6.36.